The van der Waals surface area contributed by atoms with Crippen LogP contribution >= 0.6 is 35.7 Å². The lowest BCUT2D eigenvalue weighted by Crippen LogP contribution is -2.37. The van der Waals surface area contributed by atoms with Gasteiger partial charge in [-0.1, -0.05) is 20.8 Å². The van der Waals surface area contributed by atoms with Gasteiger partial charge in [0.1, 0.15) is 5.76 Å². The summed E-state index contributed by atoms with van der Waals surface area (Å²) in [5, 5.41) is 6.51. The molecule has 0 aliphatic carbocycles. The largest absolute Gasteiger partial charge is 0.443 e. The maximum atomic E-state index is 5.74. The minimum absolute atomic E-state index is 0. The summed E-state index contributed by atoms with van der Waals surface area (Å²) in [6.07, 6.45) is 6.31. The van der Waals surface area contributed by atoms with E-state index in [1.807, 2.05) is 11.8 Å². The van der Waals surface area contributed by atoms with E-state index in [-0.39, 0.29) is 29.4 Å². The second-order valence-corrected chi connectivity index (χ2v) is 6.91. The molecule has 0 amide bonds. The van der Waals surface area contributed by atoms with Crippen LogP contribution in [-0.2, 0) is 12.0 Å². The van der Waals surface area contributed by atoms with Gasteiger partial charge in [-0.2, -0.15) is 11.8 Å². The zero-order valence-electron chi connectivity index (χ0n) is 14.2. The average molecular weight is 440 g/mol. The predicted molar refractivity (Wildman–Crippen MR) is 106 cm³/mol. The minimum atomic E-state index is -0.0114. The second-order valence-electron chi connectivity index (χ2n) is 5.92. The van der Waals surface area contributed by atoms with Crippen molar-refractivity contribution in [1.82, 2.24) is 15.6 Å². The van der Waals surface area contributed by atoms with Gasteiger partial charge >= 0.3 is 0 Å². The van der Waals surface area contributed by atoms with E-state index in [1.165, 1.54) is 12.2 Å². The van der Waals surface area contributed by atoms with Gasteiger partial charge in [0.15, 0.2) is 5.96 Å². The summed E-state index contributed by atoms with van der Waals surface area (Å²) in [6.45, 7) is 7.80. The molecule has 0 aromatic carbocycles. The number of aromatic nitrogens is 1. The molecule has 0 saturated heterocycles. The van der Waals surface area contributed by atoms with E-state index in [1.54, 1.807) is 13.2 Å². The topological polar surface area (TPSA) is 62.5 Å². The number of thioether (sulfide) groups is 1. The Morgan fingerprint density at radius 1 is 1.32 bits per heavy atom. The lowest BCUT2D eigenvalue weighted by Gasteiger charge is -2.13. The van der Waals surface area contributed by atoms with Crippen LogP contribution in [0.15, 0.2) is 15.6 Å². The molecule has 0 fully saturated rings. The summed E-state index contributed by atoms with van der Waals surface area (Å²) < 4.78 is 5.74. The van der Waals surface area contributed by atoms with E-state index in [2.05, 4.69) is 47.6 Å². The molecule has 0 saturated carbocycles. The van der Waals surface area contributed by atoms with Crippen molar-refractivity contribution in [1.29, 1.82) is 0 Å². The fourth-order valence-corrected chi connectivity index (χ4v) is 2.19. The van der Waals surface area contributed by atoms with Crippen LogP contribution in [-0.4, -0.2) is 36.5 Å². The molecule has 1 rings (SSSR count). The van der Waals surface area contributed by atoms with Crippen molar-refractivity contribution in [3.63, 3.8) is 0 Å². The molecule has 1 aromatic heterocycles. The van der Waals surface area contributed by atoms with Gasteiger partial charge in [-0.15, -0.1) is 24.0 Å². The Morgan fingerprint density at radius 2 is 2.05 bits per heavy atom. The summed E-state index contributed by atoms with van der Waals surface area (Å²) in [5.41, 5.74) is -0.0114. The standard InChI is InChI=1S/C15H28N4OS.HI/c1-15(2,3)12-10-18-13(20-12)11-19-14(16-4)17-8-6-7-9-21-5;/h10H,6-9,11H2,1-5H3,(H2,16,17,19);1H. The normalized spacial score (nSPS) is 12.0. The fraction of sp³-hybridized carbons (Fsp3) is 0.733. The van der Waals surface area contributed by atoms with Gasteiger partial charge in [0.2, 0.25) is 5.89 Å². The first-order valence-corrected chi connectivity index (χ1v) is 8.75. The summed E-state index contributed by atoms with van der Waals surface area (Å²) >= 11 is 1.88. The highest BCUT2D eigenvalue weighted by atomic mass is 127. The van der Waals surface area contributed by atoms with Crippen molar-refractivity contribution in [3.05, 3.63) is 17.8 Å². The van der Waals surface area contributed by atoms with Crippen LogP contribution in [0.3, 0.4) is 0 Å². The van der Waals surface area contributed by atoms with E-state index in [0.717, 1.165) is 24.7 Å². The van der Waals surface area contributed by atoms with Gasteiger partial charge in [-0.3, -0.25) is 4.99 Å². The molecule has 22 heavy (non-hydrogen) atoms. The Balaban J connectivity index is 0.00000441. The van der Waals surface area contributed by atoms with Crippen LogP contribution < -0.4 is 10.6 Å². The zero-order valence-corrected chi connectivity index (χ0v) is 17.4. The molecule has 1 heterocycles. The molecule has 0 bridgehead atoms. The van der Waals surface area contributed by atoms with Gasteiger partial charge in [0.25, 0.3) is 0 Å². The molecule has 5 nitrogen and oxygen atoms in total. The lowest BCUT2D eigenvalue weighted by atomic mass is 9.94. The first kappa shape index (κ1) is 21.6. The molecule has 7 heteroatoms. The monoisotopic (exact) mass is 440 g/mol. The number of halogens is 1. The summed E-state index contributed by atoms with van der Waals surface area (Å²) in [4.78, 5) is 8.49. The molecule has 0 spiro atoms. The van der Waals surface area contributed by atoms with Crippen molar-refractivity contribution in [2.75, 3.05) is 25.6 Å². The number of rotatable bonds is 7. The van der Waals surface area contributed by atoms with E-state index in [0.29, 0.717) is 12.4 Å². The number of hydrogen-bond acceptors (Lipinski definition) is 4. The predicted octanol–water partition coefficient (Wildman–Crippen LogP) is 3.40. The Labute approximate surface area is 155 Å². The van der Waals surface area contributed by atoms with Gasteiger partial charge in [0.05, 0.1) is 12.7 Å². The van der Waals surface area contributed by atoms with Crippen molar-refractivity contribution < 1.29 is 4.42 Å². The molecule has 2 N–H and O–H groups in total. The molecule has 0 atom stereocenters. The number of guanidine groups is 1. The van der Waals surface area contributed by atoms with Crippen molar-refractivity contribution in [3.8, 4) is 0 Å². The van der Waals surface area contributed by atoms with E-state index < -0.39 is 0 Å². The molecular formula is C15H29IN4OS. The smallest absolute Gasteiger partial charge is 0.213 e. The third-order valence-electron chi connectivity index (χ3n) is 2.99. The molecule has 0 unspecified atom stereocenters. The van der Waals surface area contributed by atoms with Gasteiger partial charge in [-0.05, 0) is 24.9 Å². The van der Waals surface area contributed by atoms with Crippen LogP contribution in [0.25, 0.3) is 0 Å². The third-order valence-corrected chi connectivity index (χ3v) is 3.69. The van der Waals surface area contributed by atoms with E-state index >= 15 is 0 Å². The van der Waals surface area contributed by atoms with Crippen molar-refractivity contribution >= 4 is 41.7 Å². The maximum Gasteiger partial charge on any atom is 0.213 e. The molecule has 128 valence electrons. The van der Waals surface area contributed by atoms with Gasteiger partial charge < -0.3 is 15.1 Å². The Bertz CT molecular complexity index is 443. The first-order chi connectivity index (χ1) is 9.97. The lowest BCUT2D eigenvalue weighted by molar-refractivity contribution is 0.379. The number of aliphatic imine (C=N–C) groups is 1. The van der Waals surface area contributed by atoms with Crippen LogP contribution in [0.4, 0.5) is 0 Å². The number of nitrogens with one attached hydrogen (secondary N) is 2. The average Bonchev–Trinajstić information content (AvgIpc) is 2.91. The molecule has 0 aliphatic heterocycles. The second kappa shape index (κ2) is 11.2. The summed E-state index contributed by atoms with van der Waals surface area (Å²) in [6, 6.07) is 0. The molecule has 0 aliphatic rings. The highest BCUT2D eigenvalue weighted by molar-refractivity contribution is 14.0. The number of oxazole rings is 1. The van der Waals surface area contributed by atoms with Crippen LogP contribution in [0, 0.1) is 0 Å². The number of unbranched alkanes of at least 4 members (excludes halogenated alkanes) is 1. The SMILES string of the molecule is CN=C(NCCCCSC)NCc1ncc(C(C)(C)C)o1.I. The Hall–Kier alpha value is -0.440. The number of hydrogen-bond donors (Lipinski definition) is 2. The summed E-state index contributed by atoms with van der Waals surface area (Å²) in [5.74, 6) is 3.58. The maximum absolute atomic E-state index is 5.74. The highest BCUT2D eigenvalue weighted by Crippen LogP contribution is 2.22. The van der Waals surface area contributed by atoms with Crippen molar-refractivity contribution in [2.24, 2.45) is 4.99 Å². The van der Waals surface area contributed by atoms with E-state index in [9.17, 15) is 0 Å². The van der Waals surface area contributed by atoms with Crippen LogP contribution in [0.1, 0.15) is 45.3 Å². The zero-order chi connectivity index (χ0) is 15.7. The fourth-order valence-electron chi connectivity index (χ4n) is 1.70. The van der Waals surface area contributed by atoms with Crippen LogP contribution in [0.2, 0.25) is 0 Å². The molecule has 0 radical (unpaired) electrons. The first-order valence-electron chi connectivity index (χ1n) is 7.36. The minimum Gasteiger partial charge on any atom is -0.443 e. The Morgan fingerprint density at radius 3 is 2.59 bits per heavy atom. The van der Waals surface area contributed by atoms with E-state index in [4.69, 9.17) is 4.42 Å². The summed E-state index contributed by atoms with van der Waals surface area (Å²) in [7, 11) is 1.77. The van der Waals surface area contributed by atoms with Gasteiger partial charge in [0, 0.05) is 19.0 Å². The molecule has 1 aromatic rings. The van der Waals surface area contributed by atoms with Crippen LogP contribution in [0.5, 0.6) is 0 Å². The quantitative estimate of drug-likeness (QED) is 0.295. The Kier molecular flexibility index (Phi) is 10.9. The number of nitrogens with zero attached hydrogens (tertiary/aromatic N) is 2. The van der Waals surface area contributed by atoms with Crippen molar-refractivity contribution in [2.45, 2.75) is 45.6 Å². The third kappa shape index (κ3) is 8.26. The molecular weight excluding hydrogens is 411 g/mol. The highest BCUT2D eigenvalue weighted by Gasteiger charge is 2.19. The van der Waals surface area contributed by atoms with Gasteiger partial charge in [-0.25, -0.2) is 4.98 Å².